The SMILES string of the molecule is CC(C)(C)OC(=O)N1CCNCCNCCNCC1(C(=O)OC(C)(C)C)C(=O)OC(C)(C)C. The molecule has 10 nitrogen and oxygen atoms in total. The maximum absolute atomic E-state index is 13.7. The van der Waals surface area contributed by atoms with Gasteiger partial charge in [0, 0.05) is 45.8 Å². The fourth-order valence-electron chi connectivity index (χ4n) is 3.09. The monoisotopic (exact) mass is 472 g/mol. The minimum Gasteiger partial charge on any atom is -0.458 e. The van der Waals surface area contributed by atoms with Gasteiger partial charge in [0.1, 0.15) is 16.8 Å². The molecule has 0 saturated carbocycles. The van der Waals surface area contributed by atoms with Crippen LogP contribution in [0, 0.1) is 0 Å². The zero-order valence-corrected chi connectivity index (χ0v) is 21.8. The molecule has 10 heteroatoms. The zero-order valence-electron chi connectivity index (χ0n) is 21.8. The Labute approximate surface area is 198 Å². The van der Waals surface area contributed by atoms with Crippen LogP contribution in [0.5, 0.6) is 0 Å². The first kappa shape index (κ1) is 29.1. The Morgan fingerprint density at radius 3 is 1.45 bits per heavy atom. The molecule has 0 aliphatic carbocycles. The molecular weight excluding hydrogens is 428 g/mol. The fraction of sp³-hybridized carbons (Fsp3) is 0.870. The molecule has 1 aliphatic heterocycles. The smallest absolute Gasteiger partial charge is 0.411 e. The number of carbonyl (C=O) groups is 3. The van der Waals surface area contributed by atoms with E-state index in [1.165, 1.54) is 0 Å². The Morgan fingerprint density at radius 2 is 1.03 bits per heavy atom. The predicted molar refractivity (Wildman–Crippen MR) is 126 cm³/mol. The van der Waals surface area contributed by atoms with Gasteiger partial charge in [-0.15, -0.1) is 0 Å². The summed E-state index contributed by atoms with van der Waals surface area (Å²) < 4.78 is 17.0. The Bertz CT molecular complexity index is 648. The normalized spacial score (nSPS) is 19.0. The van der Waals surface area contributed by atoms with Crippen LogP contribution in [0.15, 0.2) is 0 Å². The minimum atomic E-state index is -2.08. The van der Waals surface area contributed by atoms with Gasteiger partial charge in [-0.2, -0.15) is 0 Å². The number of nitrogens with zero attached hydrogens (tertiary/aromatic N) is 1. The second-order valence-corrected chi connectivity index (χ2v) is 11.2. The Morgan fingerprint density at radius 1 is 0.636 bits per heavy atom. The lowest BCUT2D eigenvalue weighted by Crippen LogP contribution is -2.70. The van der Waals surface area contributed by atoms with Crippen LogP contribution in [0.2, 0.25) is 0 Å². The van der Waals surface area contributed by atoms with Gasteiger partial charge in [0.25, 0.3) is 5.54 Å². The van der Waals surface area contributed by atoms with Gasteiger partial charge in [0.15, 0.2) is 0 Å². The van der Waals surface area contributed by atoms with E-state index in [2.05, 4.69) is 16.0 Å². The van der Waals surface area contributed by atoms with Crippen molar-refractivity contribution in [1.29, 1.82) is 0 Å². The molecule has 1 fully saturated rings. The Kier molecular flexibility index (Phi) is 10.1. The van der Waals surface area contributed by atoms with Crippen molar-refractivity contribution in [3.8, 4) is 0 Å². The molecule has 0 aromatic carbocycles. The van der Waals surface area contributed by atoms with Gasteiger partial charge in [-0.25, -0.2) is 14.4 Å². The van der Waals surface area contributed by atoms with E-state index in [-0.39, 0.29) is 13.1 Å². The summed E-state index contributed by atoms with van der Waals surface area (Å²) in [5.74, 6) is -1.74. The highest BCUT2D eigenvalue weighted by molar-refractivity contribution is 6.08. The van der Waals surface area contributed by atoms with Crippen molar-refractivity contribution in [2.45, 2.75) is 84.7 Å². The van der Waals surface area contributed by atoms with Crippen molar-refractivity contribution in [3.05, 3.63) is 0 Å². The van der Waals surface area contributed by atoms with Crippen LogP contribution >= 0.6 is 0 Å². The van der Waals surface area contributed by atoms with Gasteiger partial charge >= 0.3 is 18.0 Å². The summed E-state index contributed by atoms with van der Waals surface area (Å²) in [6, 6.07) is 0. The quantitative estimate of drug-likeness (QED) is 0.311. The van der Waals surface area contributed by atoms with E-state index >= 15 is 0 Å². The lowest BCUT2D eigenvalue weighted by molar-refractivity contribution is -0.187. The van der Waals surface area contributed by atoms with Crippen molar-refractivity contribution in [1.82, 2.24) is 20.9 Å². The van der Waals surface area contributed by atoms with Gasteiger partial charge in [0.05, 0.1) is 0 Å². The molecule has 0 radical (unpaired) electrons. The molecule has 1 saturated heterocycles. The van der Waals surface area contributed by atoms with E-state index in [1.54, 1.807) is 62.3 Å². The highest BCUT2D eigenvalue weighted by Gasteiger charge is 2.58. The third-order valence-corrected chi connectivity index (χ3v) is 4.40. The molecule has 0 aromatic rings. The van der Waals surface area contributed by atoms with Gasteiger partial charge in [-0.1, -0.05) is 0 Å². The van der Waals surface area contributed by atoms with Crippen LogP contribution in [-0.2, 0) is 23.8 Å². The largest absolute Gasteiger partial charge is 0.458 e. The molecule has 0 aromatic heterocycles. The van der Waals surface area contributed by atoms with Crippen LogP contribution in [0.25, 0.3) is 0 Å². The number of rotatable bonds is 2. The second-order valence-electron chi connectivity index (χ2n) is 11.2. The average molecular weight is 473 g/mol. The molecule has 1 aliphatic rings. The van der Waals surface area contributed by atoms with Crippen molar-refractivity contribution < 1.29 is 28.6 Å². The Balaban J connectivity index is 3.63. The summed E-state index contributed by atoms with van der Waals surface area (Å²) >= 11 is 0. The maximum atomic E-state index is 13.7. The summed E-state index contributed by atoms with van der Waals surface area (Å²) in [5.41, 5.74) is -4.70. The van der Waals surface area contributed by atoms with Crippen LogP contribution in [-0.4, -0.2) is 91.1 Å². The summed E-state index contributed by atoms with van der Waals surface area (Å²) in [6.45, 7) is 18.1. The first-order valence-corrected chi connectivity index (χ1v) is 11.6. The van der Waals surface area contributed by atoms with Crippen molar-refractivity contribution in [3.63, 3.8) is 0 Å². The maximum Gasteiger partial charge on any atom is 0.411 e. The van der Waals surface area contributed by atoms with Crippen molar-refractivity contribution >= 4 is 18.0 Å². The zero-order chi connectivity index (χ0) is 25.5. The van der Waals surface area contributed by atoms with Gasteiger partial charge in [-0.3, -0.25) is 4.90 Å². The third kappa shape index (κ3) is 9.85. The van der Waals surface area contributed by atoms with Crippen LogP contribution in [0.1, 0.15) is 62.3 Å². The number of carbonyl (C=O) groups excluding carboxylic acids is 3. The molecule has 0 atom stereocenters. The van der Waals surface area contributed by atoms with Gasteiger partial charge in [0.2, 0.25) is 0 Å². The van der Waals surface area contributed by atoms with Crippen molar-refractivity contribution in [2.24, 2.45) is 0 Å². The van der Waals surface area contributed by atoms with Gasteiger partial charge < -0.3 is 30.2 Å². The van der Waals surface area contributed by atoms with E-state index < -0.39 is 40.4 Å². The predicted octanol–water partition coefficient (Wildman–Crippen LogP) is 1.43. The van der Waals surface area contributed by atoms with Crippen LogP contribution in [0.3, 0.4) is 0 Å². The van der Waals surface area contributed by atoms with E-state index in [0.29, 0.717) is 26.2 Å². The molecule has 3 N–H and O–H groups in total. The summed E-state index contributed by atoms with van der Waals surface area (Å²) in [7, 11) is 0. The number of esters is 2. The molecule has 1 rings (SSSR count). The number of ether oxygens (including phenoxy) is 3. The molecular formula is C23H44N4O6. The van der Waals surface area contributed by atoms with Crippen LogP contribution < -0.4 is 16.0 Å². The lowest BCUT2D eigenvalue weighted by Gasteiger charge is -2.42. The lowest BCUT2D eigenvalue weighted by atomic mass is 9.95. The number of hydrogen-bond donors (Lipinski definition) is 3. The molecule has 1 heterocycles. The minimum absolute atomic E-state index is 0.0368. The van der Waals surface area contributed by atoms with E-state index in [0.717, 1.165) is 11.4 Å². The summed E-state index contributed by atoms with van der Waals surface area (Å²) in [5, 5.41) is 9.64. The number of hydrogen-bond acceptors (Lipinski definition) is 9. The highest BCUT2D eigenvalue weighted by atomic mass is 16.6. The Hall–Kier alpha value is -1.91. The molecule has 0 bridgehead atoms. The molecule has 1 amide bonds. The second kappa shape index (κ2) is 11.5. The van der Waals surface area contributed by atoms with Gasteiger partial charge in [-0.05, 0) is 62.3 Å². The highest BCUT2D eigenvalue weighted by Crippen LogP contribution is 2.27. The average Bonchev–Trinajstić information content (AvgIpc) is 2.57. The van der Waals surface area contributed by atoms with E-state index in [9.17, 15) is 14.4 Å². The number of amides is 1. The van der Waals surface area contributed by atoms with Crippen LogP contribution in [0.4, 0.5) is 4.79 Å². The molecule has 0 spiro atoms. The molecule has 192 valence electrons. The summed E-state index contributed by atoms with van der Waals surface area (Å²) in [4.78, 5) is 42.0. The van der Waals surface area contributed by atoms with E-state index in [4.69, 9.17) is 14.2 Å². The van der Waals surface area contributed by atoms with Crippen molar-refractivity contribution in [2.75, 3.05) is 45.8 Å². The topological polar surface area (TPSA) is 118 Å². The number of nitrogens with one attached hydrogen (secondary N) is 3. The molecule has 0 unspecified atom stereocenters. The fourth-order valence-corrected chi connectivity index (χ4v) is 3.09. The first-order chi connectivity index (χ1) is 15.0. The molecule has 33 heavy (non-hydrogen) atoms. The standard InChI is InChI=1S/C23H44N4O6/c1-20(2,3)31-17(28)23(18(29)32-21(4,5)6)16-26-13-12-24-10-11-25-14-15-27(23)19(30)33-22(7,8)9/h24-26H,10-16H2,1-9H3. The first-order valence-electron chi connectivity index (χ1n) is 11.6. The summed E-state index contributed by atoms with van der Waals surface area (Å²) in [6.07, 6.45) is -0.794. The van der Waals surface area contributed by atoms with E-state index in [1.807, 2.05) is 0 Å². The third-order valence-electron chi connectivity index (χ3n) is 4.40.